The third-order valence-corrected chi connectivity index (χ3v) is 3.24. The Bertz CT molecular complexity index is 605. The molecule has 3 N–H and O–H groups in total. The van der Waals surface area contributed by atoms with Crippen LogP contribution in [0, 0.1) is 11.6 Å². The smallest absolute Gasteiger partial charge is 0.141 e. The summed E-state index contributed by atoms with van der Waals surface area (Å²) in [6.45, 7) is 0. The third-order valence-electron chi connectivity index (χ3n) is 2.72. The zero-order valence-corrected chi connectivity index (χ0v) is 11.1. The van der Waals surface area contributed by atoms with E-state index in [1.807, 2.05) is 0 Å². The first-order valence-corrected chi connectivity index (χ1v) is 6.14. The number of rotatable bonds is 3. The Balaban J connectivity index is 2.46. The topological polar surface area (TPSA) is 38.0 Å². The predicted octanol–water partition coefficient (Wildman–Crippen LogP) is 3.82. The molecule has 2 nitrogen and oxygen atoms in total. The zero-order valence-electron chi connectivity index (χ0n) is 9.63. The molecule has 0 aliphatic rings. The summed E-state index contributed by atoms with van der Waals surface area (Å²) >= 11 is 11.4. The lowest BCUT2D eigenvalue weighted by atomic mass is 9.99. The molecule has 2 rings (SSSR count). The van der Waals surface area contributed by atoms with E-state index in [4.69, 9.17) is 29.0 Å². The number of nitrogens with two attached hydrogens (primary N) is 1. The van der Waals surface area contributed by atoms with Crippen molar-refractivity contribution in [2.75, 3.05) is 0 Å². The quantitative estimate of drug-likeness (QED) is 0.668. The van der Waals surface area contributed by atoms with Crippen molar-refractivity contribution >= 4 is 23.2 Å². The maximum Gasteiger partial charge on any atom is 0.141 e. The Labute approximate surface area is 119 Å². The monoisotopic (exact) mass is 302 g/mol. The fourth-order valence-corrected chi connectivity index (χ4v) is 2.14. The molecule has 1 unspecified atom stereocenters. The van der Waals surface area contributed by atoms with Crippen LogP contribution < -0.4 is 11.3 Å². The molecule has 0 bridgehead atoms. The largest absolute Gasteiger partial charge is 0.271 e. The van der Waals surface area contributed by atoms with Crippen molar-refractivity contribution in [3.05, 3.63) is 69.2 Å². The van der Waals surface area contributed by atoms with Gasteiger partial charge >= 0.3 is 0 Å². The molecule has 0 spiro atoms. The van der Waals surface area contributed by atoms with Crippen molar-refractivity contribution < 1.29 is 8.78 Å². The first-order chi connectivity index (χ1) is 9.02. The van der Waals surface area contributed by atoms with Gasteiger partial charge in [-0.25, -0.2) is 14.2 Å². The molecule has 0 aliphatic heterocycles. The average molecular weight is 303 g/mol. The Kier molecular flexibility index (Phi) is 4.37. The van der Waals surface area contributed by atoms with Crippen LogP contribution >= 0.6 is 23.2 Å². The van der Waals surface area contributed by atoms with E-state index in [1.165, 1.54) is 30.3 Å². The highest BCUT2D eigenvalue weighted by Crippen LogP contribution is 2.28. The molecule has 2 aromatic rings. The van der Waals surface area contributed by atoms with E-state index < -0.39 is 17.7 Å². The summed E-state index contributed by atoms with van der Waals surface area (Å²) in [4.78, 5) is 0. The summed E-state index contributed by atoms with van der Waals surface area (Å²) in [5, 5.41) is 0.237. The Morgan fingerprint density at radius 1 is 1.00 bits per heavy atom. The number of hydrogen-bond acceptors (Lipinski definition) is 2. The summed E-state index contributed by atoms with van der Waals surface area (Å²) < 4.78 is 27.0. The van der Waals surface area contributed by atoms with Gasteiger partial charge in [0.1, 0.15) is 11.6 Å². The number of nitrogens with one attached hydrogen (secondary N) is 1. The van der Waals surface area contributed by atoms with E-state index >= 15 is 0 Å². The molecule has 0 fully saturated rings. The fourth-order valence-electron chi connectivity index (χ4n) is 1.79. The summed E-state index contributed by atoms with van der Waals surface area (Å²) in [5.41, 5.74) is 3.33. The average Bonchev–Trinajstić information content (AvgIpc) is 2.37. The van der Waals surface area contributed by atoms with Gasteiger partial charge in [0.2, 0.25) is 0 Å². The maximum absolute atomic E-state index is 13.9. The highest BCUT2D eigenvalue weighted by Gasteiger charge is 2.18. The Morgan fingerprint density at radius 3 is 2.32 bits per heavy atom. The van der Waals surface area contributed by atoms with Crippen molar-refractivity contribution in [1.29, 1.82) is 0 Å². The molecule has 6 heteroatoms. The van der Waals surface area contributed by atoms with Crippen molar-refractivity contribution in [3.63, 3.8) is 0 Å². The number of benzene rings is 2. The molecule has 0 saturated heterocycles. The van der Waals surface area contributed by atoms with Crippen LogP contribution in [0.1, 0.15) is 17.2 Å². The van der Waals surface area contributed by atoms with Gasteiger partial charge in [-0.15, -0.1) is 0 Å². The van der Waals surface area contributed by atoms with Gasteiger partial charge in [-0.3, -0.25) is 5.84 Å². The van der Waals surface area contributed by atoms with E-state index in [0.717, 1.165) is 0 Å². The normalized spacial score (nSPS) is 12.5. The van der Waals surface area contributed by atoms with Crippen molar-refractivity contribution in [2.45, 2.75) is 6.04 Å². The van der Waals surface area contributed by atoms with Crippen LogP contribution in [0.5, 0.6) is 0 Å². The predicted molar refractivity (Wildman–Crippen MR) is 72.0 cm³/mol. The first kappa shape index (κ1) is 14.2. The van der Waals surface area contributed by atoms with Crippen molar-refractivity contribution in [1.82, 2.24) is 5.43 Å². The van der Waals surface area contributed by atoms with Crippen molar-refractivity contribution in [2.24, 2.45) is 5.84 Å². The van der Waals surface area contributed by atoms with Crippen LogP contribution in [-0.2, 0) is 0 Å². The summed E-state index contributed by atoms with van der Waals surface area (Å²) in [6.07, 6.45) is 0. The van der Waals surface area contributed by atoms with Gasteiger partial charge in [-0.2, -0.15) is 0 Å². The lowest BCUT2D eigenvalue weighted by molar-refractivity contribution is 0.559. The summed E-state index contributed by atoms with van der Waals surface area (Å²) in [5.74, 6) is 4.40. The molecule has 0 saturated carbocycles. The molecule has 0 amide bonds. The van der Waals surface area contributed by atoms with E-state index in [-0.39, 0.29) is 10.0 Å². The molecule has 2 aromatic carbocycles. The molecule has 0 radical (unpaired) electrons. The maximum atomic E-state index is 13.9. The summed E-state index contributed by atoms with van der Waals surface area (Å²) in [7, 11) is 0. The molecular weight excluding hydrogens is 293 g/mol. The van der Waals surface area contributed by atoms with E-state index in [2.05, 4.69) is 5.43 Å². The molecule has 0 heterocycles. The first-order valence-electron chi connectivity index (χ1n) is 5.39. The molecule has 1 atom stereocenters. The van der Waals surface area contributed by atoms with Gasteiger partial charge in [0.05, 0.1) is 11.1 Å². The molecular formula is C13H10Cl2F2N2. The fraction of sp³-hybridized carbons (Fsp3) is 0.0769. The molecule has 100 valence electrons. The highest BCUT2D eigenvalue weighted by molar-refractivity contribution is 6.31. The number of hydrazine groups is 1. The standard InChI is InChI=1S/C13H10Cl2F2N2/c14-8-2-3-9(12(17)6-8)13(19-18)7-1-4-11(16)10(15)5-7/h1-6,13,19H,18H2. The third kappa shape index (κ3) is 3.04. The van der Waals surface area contributed by atoms with Crippen LogP contribution in [0.3, 0.4) is 0 Å². The van der Waals surface area contributed by atoms with Gasteiger partial charge < -0.3 is 0 Å². The zero-order chi connectivity index (χ0) is 14.0. The molecule has 0 aromatic heterocycles. The lowest BCUT2D eigenvalue weighted by Crippen LogP contribution is -2.29. The van der Waals surface area contributed by atoms with Gasteiger partial charge in [-0.1, -0.05) is 35.3 Å². The van der Waals surface area contributed by atoms with Crippen LogP contribution in [0.15, 0.2) is 36.4 Å². The minimum absolute atomic E-state index is 0.0490. The number of halogens is 4. The Morgan fingerprint density at radius 2 is 1.74 bits per heavy atom. The van der Waals surface area contributed by atoms with Crippen LogP contribution in [-0.4, -0.2) is 0 Å². The second-order valence-corrected chi connectivity index (χ2v) is 4.78. The minimum atomic E-state index is -0.643. The second-order valence-electron chi connectivity index (χ2n) is 3.94. The van der Waals surface area contributed by atoms with Crippen molar-refractivity contribution in [3.8, 4) is 0 Å². The SMILES string of the molecule is NNC(c1ccc(F)c(Cl)c1)c1ccc(Cl)cc1F. The second kappa shape index (κ2) is 5.84. The van der Waals surface area contributed by atoms with E-state index in [1.54, 1.807) is 6.07 Å². The highest BCUT2D eigenvalue weighted by atomic mass is 35.5. The lowest BCUT2D eigenvalue weighted by Gasteiger charge is -2.18. The van der Waals surface area contributed by atoms with E-state index in [0.29, 0.717) is 11.1 Å². The van der Waals surface area contributed by atoms with E-state index in [9.17, 15) is 8.78 Å². The molecule has 19 heavy (non-hydrogen) atoms. The van der Waals surface area contributed by atoms with Gasteiger partial charge in [0, 0.05) is 10.6 Å². The van der Waals surface area contributed by atoms with Crippen LogP contribution in [0.4, 0.5) is 8.78 Å². The minimum Gasteiger partial charge on any atom is -0.271 e. The Hall–Kier alpha value is -1.20. The van der Waals surface area contributed by atoms with Gasteiger partial charge in [0.15, 0.2) is 0 Å². The summed E-state index contributed by atoms with van der Waals surface area (Å²) in [6, 6.07) is 7.70. The van der Waals surface area contributed by atoms with Gasteiger partial charge in [-0.05, 0) is 29.8 Å². The van der Waals surface area contributed by atoms with Gasteiger partial charge in [0.25, 0.3) is 0 Å². The van der Waals surface area contributed by atoms with Crippen LogP contribution in [0.2, 0.25) is 10.0 Å². The van der Waals surface area contributed by atoms with Crippen LogP contribution in [0.25, 0.3) is 0 Å². The molecule has 0 aliphatic carbocycles. The number of hydrogen-bond donors (Lipinski definition) is 2.